The number of aliphatic imine (C=N–C) groups is 1. The predicted molar refractivity (Wildman–Crippen MR) is 141 cm³/mol. The average Bonchev–Trinajstić information content (AvgIpc) is 3.50. The van der Waals surface area contributed by atoms with Gasteiger partial charge in [0.25, 0.3) is 6.47 Å². The van der Waals surface area contributed by atoms with Crippen LogP contribution in [0.1, 0.15) is 30.5 Å². The molecule has 2 N–H and O–H groups in total. The van der Waals surface area contributed by atoms with Gasteiger partial charge in [0, 0.05) is 47.3 Å². The summed E-state index contributed by atoms with van der Waals surface area (Å²) in [6.45, 7) is 4.64. The Labute approximate surface area is 225 Å². The molecule has 4 rings (SSSR count). The molecule has 1 aromatic heterocycles. The molecule has 0 saturated carbocycles. The van der Waals surface area contributed by atoms with Crippen LogP contribution in [0, 0.1) is 11.7 Å². The molecule has 8 nitrogen and oxygen atoms in total. The SMILES string of the molecule is C/C=C/C1CN(CC2=C(C(=O)OCC)[C@H](c3ccc(F)cc3Br)N=C(c3nccs3)N2)CC1F.O=CO. The normalized spacial score (nSPS) is 21.8. The molecule has 2 aliphatic heterocycles. The second-order valence-electron chi connectivity index (χ2n) is 8.13. The minimum Gasteiger partial charge on any atom is -0.483 e. The van der Waals surface area contributed by atoms with Crippen LogP contribution in [0.25, 0.3) is 0 Å². The molecule has 2 aromatic rings. The summed E-state index contributed by atoms with van der Waals surface area (Å²) in [5, 5.41) is 12.6. The molecule has 3 atom stereocenters. The number of allylic oxidation sites excluding steroid dienone is 1. The van der Waals surface area contributed by atoms with Crippen LogP contribution >= 0.6 is 27.3 Å². The maximum absolute atomic E-state index is 14.6. The third-order valence-electron chi connectivity index (χ3n) is 5.70. The van der Waals surface area contributed by atoms with Gasteiger partial charge in [0.05, 0.1) is 12.2 Å². The smallest absolute Gasteiger partial charge is 0.338 e. The average molecular weight is 597 g/mol. The van der Waals surface area contributed by atoms with Gasteiger partial charge in [0.15, 0.2) is 10.8 Å². The first kappa shape index (κ1) is 28.6. The largest absolute Gasteiger partial charge is 0.483 e. The van der Waals surface area contributed by atoms with Gasteiger partial charge in [0.1, 0.15) is 18.0 Å². The molecule has 0 aliphatic carbocycles. The Hall–Kier alpha value is -2.96. The summed E-state index contributed by atoms with van der Waals surface area (Å²) in [4.78, 5) is 32.7. The Morgan fingerprint density at radius 1 is 1.41 bits per heavy atom. The molecule has 1 fully saturated rings. The Balaban J connectivity index is 0.00000121. The summed E-state index contributed by atoms with van der Waals surface area (Å²) in [5.41, 5.74) is 1.52. The molecule has 0 radical (unpaired) electrons. The van der Waals surface area contributed by atoms with Crippen molar-refractivity contribution in [3.63, 3.8) is 0 Å². The van der Waals surface area contributed by atoms with E-state index in [0.717, 1.165) is 0 Å². The number of rotatable bonds is 7. The van der Waals surface area contributed by atoms with Gasteiger partial charge >= 0.3 is 5.97 Å². The molecular weight excluding hydrogens is 570 g/mol. The van der Waals surface area contributed by atoms with E-state index >= 15 is 0 Å². The molecule has 198 valence electrons. The van der Waals surface area contributed by atoms with Crippen LogP contribution in [0.2, 0.25) is 0 Å². The second kappa shape index (κ2) is 13.5. The number of alkyl halides is 1. The number of esters is 1. The Bertz CT molecular complexity index is 1190. The molecule has 12 heteroatoms. The van der Waals surface area contributed by atoms with E-state index in [1.165, 1.54) is 23.5 Å². The van der Waals surface area contributed by atoms with Gasteiger partial charge in [-0.3, -0.25) is 14.7 Å². The van der Waals surface area contributed by atoms with Gasteiger partial charge in [0.2, 0.25) is 0 Å². The quantitative estimate of drug-likeness (QED) is 0.275. The van der Waals surface area contributed by atoms with Crippen molar-refractivity contribution in [2.45, 2.75) is 26.1 Å². The summed E-state index contributed by atoms with van der Waals surface area (Å²) in [7, 11) is 0. The third kappa shape index (κ3) is 7.08. The van der Waals surface area contributed by atoms with Crippen LogP contribution in [0.15, 0.2) is 62.7 Å². The number of carbonyl (C=O) groups is 2. The highest BCUT2D eigenvalue weighted by molar-refractivity contribution is 9.10. The first-order valence-electron chi connectivity index (χ1n) is 11.5. The minimum atomic E-state index is -0.986. The van der Waals surface area contributed by atoms with Crippen LogP contribution < -0.4 is 5.32 Å². The van der Waals surface area contributed by atoms with E-state index in [1.807, 2.05) is 29.4 Å². The number of nitrogens with one attached hydrogen (secondary N) is 1. The highest BCUT2D eigenvalue weighted by Gasteiger charge is 2.37. The fraction of sp³-hybridized carbons (Fsp3) is 0.360. The van der Waals surface area contributed by atoms with E-state index in [1.54, 1.807) is 19.2 Å². The van der Waals surface area contributed by atoms with Crippen molar-refractivity contribution in [2.75, 3.05) is 26.2 Å². The maximum Gasteiger partial charge on any atom is 0.338 e. The molecule has 2 unspecified atom stereocenters. The monoisotopic (exact) mass is 596 g/mol. The van der Waals surface area contributed by atoms with Gasteiger partial charge in [-0.25, -0.2) is 18.6 Å². The standard InChI is InChI=1S/C24H25BrF2N4O2S.CH2O2/c1-3-5-14-11-31(12-18(14)27)13-19-20(24(32)33-4-2)21(16-7-6-15(26)10-17(16)25)30-22(29-19)23-28-8-9-34-23;2-1-3/h3,5-10,14,18,21H,4,11-13H2,1-2H3,(H,29,30);1H,(H,2,3)/b5-3+;/t14?,18?,21-;/m0./s1. The van der Waals surface area contributed by atoms with Crippen molar-refractivity contribution in [3.8, 4) is 0 Å². The second-order valence-corrected chi connectivity index (χ2v) is 9.88. The Kier molecular flexibility index (Phi) is 10.5. The zero-order valence-electron chi connectivity index (χ0n) is 20.2. The van der Waals surface area contributed by atoms with E-state index in [4.69, 9.17) is 19.6 Å². The number of thiazole rings is 1. The van der Waals surface area contributed by atoms with Gasteiger partial charge in [-0.2, -0.15) is 0 Å². The number of benzene rings is 1. The number of nitrogens with zero attached hydrogens (tertiary/aromatic N) is 3. The number of halogens is 3. The summed E-state index contributed by atoms with van der Waals surface area (Å²) in [6, 6.07) is 3.53. The molecule has 37 heavy (non-hydrogen) atoms. The van der Waals surface area contributed by atoms with Gasteiger partial charge in [-0.05, 0) is 31.5 Å². The van der Waals surface area contributed by atoms with Crippen molar-refractivity contribution in [1.82, 2.24) is 15.2 Å². The first-order chi connectivity index (χ1) is 17.8. The fourth-order valence-corrected chi connectivity index (χ4v) is 5.37. The lowest BCUT2D eigenvalue weighted by Crippen LogP contribution is -2.39. The number of hydrogen-bond acceptors (Lipinski definition) is 8. The van der Waals surface area contributed by atoms with Gasteiger partial charge in [-0.1, -0.05) is 34.1 Å². The van der Waals surface area contributed by atoms with E-state index in [2.05, 4.69) is 26.2 Å². The third-order valence-corrected chi connectivity index (χ3v) is 7.17. The Morgan fingerprint density at radius 2 is 2.16 bits per heavy atom. The van der Waals surface area contributed by atoms with Crippen molar-refractivity contribution < 1.29 is 28.2 Å². The van der Waals surface area contributed by atoms with E-state index in [-0.39, 0.29) is 25.5 Å². The lowest BCUT2D eigenvalue weighted by molar-refractivity contribution is -0.139. The summed E-state index contributed by atoms with van der Waals surface area (Å²) < 4.78 is 34.3. The van der Waals surface area contributed by atoms with Crippen molar-refractivity contribution in [1.29, 1.82) is 0 Å². The van der Waals surface area contributed by atoms with Crippen molar-refractivity contribution in [3.05, 3.63) is 74.1 Å². The first-order valence-corrected chi connectivity index (χ1v) is 13.2. The number of carboxylic acid groups (broad SMARTS) is 1. The van der Waals surface area contributed by atoms with Crippen LogP contribution in [0.5, 0.6) is 0 Å². The van der Waals surface area contributed by atoms with Gasteiger partial charge < -0.3 is 15.2 Å². The fourth-order valence-electron chi connectivity index (χ4n) is 4.22. The zero-order chi connectivity index (χ0) is 26.9. The van der Waals surface area contributed by atoms with Crippen molar-refractivity contribution >= 4 is 45.5 Å². The minimum absolute atomic E-state index is 0.190. The highest BCUT2D eigenvalue weighted by Crippen LogP contribution is 2.37. The van der Waals surface area contributed by atoms with Crippen LogP contribution in [-0.2, 0) is 14.3 Å². The number of amidine groups is 1. The van der Waals surface area contributed by atoms with Crippen LogP contribution in [0.3, 0.4) is 0 Å². The molecule has 1 aromatic carbocycles. The number of likely N-dealkylation sites (tertiary alicyclic amines) is 1. The van der Waals surface area contributed by atoms with Crippen LogP contribution in [-0.4, -0.2) is 65.7 Å². The number of ether oxygens (including phenoxy) is 1. The highest BCUT2D eigenvalue weighted by atomic mass is 79.9. The van der Waals surface area contributed by atoms with E-state index in [0.29, 0.717) is 45.2 Å². The topological polar surface area (TPSA) is 104 Å². The van der Waals surface area contributed by atoms with Gasteiger partial charge in [-0.15, -0.1) is 11.3 Å². The number of carbonyl (C=O) groups excluding carboxylic acids is 1. The van der Waals surface area contributed by atoms with E-state index in [9.17, 15) is 13.6 Å². The van der Waals surface area contributed by atoms with E-state index < -0.39 is 24.0 Å². The van der Waals surface area contributed by atoms with Crippen LogP contribution in [0.4, 0.5) is 8.78 Å². The lowest BCUT2D eigenvalue weighted by Gasteiger charge is -2.29. The lowest BCUT2D eigenvalue weighted by atomic mass is 9.95. The molecule has 3 heterocycles. The molecule has 0 bridgehead atoms. The number of aromatic nitrogens is 1. The molecule has 0 spiro atoms. The molecule has 1 saturated heterocycles. The maximum atomic E-state index is 14.6. The molecule has 2 aliphatic rings. The summed E-state index contributed by atoms with van der Waals surface area (Å²) >= 11 is 4.83. The summed E-state index contributed by atoms with van der Waals surface area (Å²) in [5.74, 6) is -0.625. The Morgan fingerprint density at radius 3 is 2.78 bits per heavy atom. The predicted octanol–water partition coefficient (Wildman–Crippen LogP) is 4.50. The molecule has 0 amide bonds. The zero-order valence-corrected chi connectivity index (χ0v) is 22.6. The van der Waals surface area contributed by atoms with Crippen molar-refractivity contribution in [2.24, 2.45) is 10.9 Å². The molecular formula is C25H27BrF2N4O4S. The summed E-state index contributed by atoms with van der Waals surface area (Å²) in [6.07, 6.45) is 4.42. The number of hydrogen-bond donors (Lipinski definition) is 2.